The van der Waals surface area contributed by atoms with E-state index >= 15 is 0 Å². The first-order valence-corrected chi connectivity index (χ1v) is 7.98. The molecule has 0 atom stereocenters. The number of hydrogen-bond acceptors (Lipinski definition) is 6. The minimum Gasteiger partial charge on any atom is -0.406 e. The van der Waals surface area contributed by atoms with E-state index in [1.807, 2.05) is 0 Å². The van der Waals surface area contributed by atoms with Crippen molar-refractivity contribution in [2.75, 3.05) is 11.1 Å². The predicted molar refractivity (Wildman–Crippen MR) is 90.8 cm³/mol. The Morgan fingerprint density at radius 3 is 2.50 bits per heavy atom. The van der Waals surface area contributed by atoms with Crippen LogP contribution >= 0.6 is 11.3 Å². The van der Waals surface area contributed by atoms with Gasteiger partial charge in [0.25, 0.3) is 5.91 Å². The Hall–Kier alpha value is -3.14. The number of carbonyl (C=O) groups is 1. The Labute approximate surface area is 149 Å². The summed E-state index contributed by atoms with van der Waals surface area (Å²) < 4.78 is 40.2. The summed E-state index contributed by atoms with van der Waals surface area (Å²) in [4.78, 5) is 20.6. The fraction of sp³-hybridized carbons (Fsp3) is 0.0625. The predicted octanol–water partition coefficient (Wildman–Crippen LogP) is 3.94. The van der Waals surface area contributed by atoms with Crippen molar-refractivity contribution >= 4 is 27.4 Å². The molecule has 3 N–H and O–H groups in total. The molecule has 0 aliphatic heterocycles. The standard InChI is InChI=1S/C16H11F3N4O2S/c17-16(18,19)25-10-6-4-9(5-7-10)14(24)23-15-22-12(13(20)26-15)11-3-1-2-8-21-11/h1-8H,20H2,(H,22,23,24). The number of rotatable bonds is 4. The number of halogens is 3. The summed E-state index contributed by atoms with van der Waals surface area (Å²) in [5.41, 5.74) is 7.06. The molecule has 0 fully saturated rings. The van der Waals surface area contributed by atoms with Gasteiger partial charge < -0.3 is 10.5 Å². The maximum Gasteiger partial charge on any atom is 0.573 e. The van der Waals surface area contributed by atoms with Crippen LogP contribution in [0.15, 0.2) is 48.7 Å². The van der Waals surface area contributed by atoms with Gasteiger partial charge in [-0.05, 0) is 36.4 Å². The number of alkyl halides is 3. The van der Waals surface area contributed by atoms with E-state index in [0.717, 1.165) is 23.5 Å². The number of pyridine rings is 1. The van der Waals surface area contributed by atoms with Gasteiger partial charge in [0.05, 0.1) is 5.69 Å². The van der Waals surface area contributed by atoms with Crippen molar-refractivity contribution in [2.24, 2.45) is 0 Å². The molecule has 3 aromatic rings. The van der Waals surface area contributed by atoms with Gasteiger partial charge in [-0.25, -0.2) is 4.98 Å². The monoisotopic (exact) mass is 380 g/mol. The fourth-order valence-electron chi connectivity index (χ4n) is 2.05. The Balaban J connectivity index is 1.72. The first-order valence-electron chi connectivity index (χ1n) is 7.17. The van der Waals surface area contributed by atoms with E-state index in [-0.39, 0.29) is 10.7 Å². The van der Waals surface area contributed by atoms with Crippen LogP contribution in [0.3, 0.4) is 0 Å². The Morgan fingerprint density at radius 2 is 1.88 bits per heavy atom. The summed E-state index contributed by atoms with van der Waals surface area (Å²) >= 11 is 1.06. The van der Waals surface area contributed by atoms with E-state index in [9.17, 15) is 18.0 Å². The van der Waals surface area contributed by atoms with Crippen LogP contribution in [0.5, 0.6) is 5.75 Å². The SMILES string of the molecule is Nc1sc(NC(=O)c2ccc(OC(F)(F)F)cc2)nc1-c1ccccn1. The van der Waals surface area contributed by atoms with Crippen LogP contribution in [0.2, 0.25) is 0 Å². The van der Waals surface area contributed by atoms with Crippen molar-refractivity contribution in [3.63, 3.8) is 0 Å². The van der Waals surface area contributed by atoms with Crippen LogP contribution in [0, 0.1) is 0 Å². The number of amides is 1. The molecule has 0 aliphatic carbocycles. The zero-order valence-corrected chi connectivity index (χ0v) is 13.8. The fourth-order valence-corrected chi connectivity index (χ4v) is 2.78. The highest BCUT2D eigenvalue weighted by molar-refractivity contribution is 7.20. The second kappa shape index (κ2) is 7.00. The van der Waals surface area contributed by atoms with Crippen molar-refractivity contribution in [3.05, 3.63) is 54.2 Å². The van der Waals surface area contributed by atoms with Crippen molar-refractivity contribution in [1.82, 2.24) is 9.97 Å². The molecule has 0 bridgehead atoms. The third-order valence-electron chi connectivity index (χ3n) is 3.13. The average Bonchev–Trinajstić information content (AvgIpc) is 2.95. The molecule has 2 aromatic heterocycles. The second-order valence-electron chi connectivity index (χ2n) is 4.97. The van der Waals surface area contributed by atoms with Crippen LogP contribution < -0.4 is 15.8 Å². The molecule has 0 unspecified atom stereocenters. The lowest BCUT2D eigenvalue weighted by molar-refractivity contribution is -0.274. The van der Waals surface area contributed by atoms with E-state index < -0.39 is 18.0 Å². The molecule has 0 spiro atoms. The summed E-state index contributed by atoms with van der Waals surface area (Å²) in [6, 6.07) is 9.80. The largest absolute Gasteiger partial charge is 0.573 e. The highest BCUT2D eigenvalue weighted by Crippen LogP contribution is 2.32. The molecular formula is C16H11F3N4O2S. The first-order chi connectivity index (χ1) is 12.3. The molecule has 134 valence electrons. The van der Waals surface area contributed by atoms with E-state index in [0.29, 0.717) is 16.4 Å². The molecule has 0 radical (unpaired) electrons. The number of anilines is 2. The van der Waals surface area contributed by atoms with Gasteiger partial charge in [-0.2, -0.15) is 0 Å². The molecule has 10 heteroatoms. The van der Waals surface area contributed by atoms with E-state index in [1.165, 1.54) is 12.1 Å². The summed E-state index contributed by atoms with van der Waals surface area (Å²) in [6.07, 6.45) is -3.19. The highest BCUT2D eigenvalue weighted by atomic mass is 32.1. The molecular weight excluding hydrogens is 369 g/mol. The van der Waals surface area contributed by atoms with Gasteiger partial charge in [-0.3, -0.25) is 15.1 Å². The average molecular weight is 380 g/mol. The van der Waals surface area contributed by atoms with Crippen LogP contribution in [0.25, 0.3) is 11.4 Å². The highest BCUT2D eigenvalue weighted by Gasteiger charge is 2.31. The molecule has 2 heterocycles. The van der Waals surface area contributed by atoms with Gasteiger partial charge in [-0.1, -0.05) is 17.4 Å². The maximum atomic E-state index is 12.2. The topological polar surface area (TPSA) is 90.1 Å². The lowest BCUT2D eigenvalue weighted by Crippen LogP contribution is -2.17. The van der Waals surface area contributed by atoms with Gasteiger partial charge in [0.1, 0.15) is 16.4 Å². The normalized spacial score (nSPS) is 11.2. The van der Waals surface area contributed by atoms with Gasteiger partial charge in [-0.15, -0.1) is 13.2 Å². The number of ether oxygens (including phenoxy) is 1. The molecule has 1 aromatic carbocycles. The van der Waals surface area contributed by atoms with Crippen LogP contribution in [0.4, 0.5) is 23.3 Å². The molecule has 0 saturated heterocycles. The lowest BCUT2D eigenvalue weighted by Gasteiger charge is -2.09. The molecule has 3 rings (SSSR count). The number of nitrogens with two attached hydrogens (primary N) is 1. The Morgan fingerprint density at radius 1 is 1.15 bits per heavy atom. The van der Waals surface area contributed by atoms with Crippen LogP contribution in [-0.4, -0.2) is 22.2 Å². The Bertz CT molecular complexity index is 911. The number of aromatic nitrogens is 2. The summed E-state index contributed by atoms with van der Waals surface area (Å²) in [5, 5.41) is 3.19. The smallest absolute Gasteiger partial charge is 0.406 e. The number of nitrogens with zero attached hydrogens (tertiary/aromatic N) is 2. The van der Waals surface area contributed by atoms with Crippen molar-refractivity contribution in [1.29, 1.82) is 0 Å². The third-order valence-corrected chi connectivity index (χ3v) is 3.93. The van der Waals surface area contributed by atoms with Gasteiger partial charge in [0, 0.05) is 11.8 Å². The van der Waals surface area contributed by atoms with Crippen LogP contribution in [0.1, 0.15) is 10.4 Å². The molecule has 26 heavy (non-hydrogen) atoms. The van der Waals surface area contributed by atoms with E-state index in [2.05, 4.69) is 20.0 Å². The number of carbonyl (C=O) groups excluding carboxylic acids is 1. The number of nitrogen functional groups attached to an aromatic ring is 1. The summed E-state index contributed by atoms with van der Waals surface area (Å²) in [6.45, 7) is 0. The minimum absolute atomic E-state index is 0.146. The zero-order valence-electron chi connectivity index (χ0n) is 12.9. The van der Waals surface area contributed by atoms with Crippen molar-refractivity contribution in [2.45, 2.75) is 6.36 Å². The van der Waals surface area contributed by atoms with Gasteiger partial charge >= 0.3 is 6.36 Å². The zero-order chi connectivity index (χ0) is 18.7. The van der Waals surface area contributed by atoms with E-state index in [4.69, 9.17) is 5.73 Å². The molecule has 6 nitrogen and oxygen atoms in total. The number of nitrogens with one attached hydrogen (secondary N) is 1. The quantitative estimate of drug-likeness (QED) is 0.716. The number of benzene rings is 1. The maximum absolute atomic E-state index is 12.2. The van der Waals surface area contributed by atoms with Gasteiger partial charge in [0.15, 0.2) is 5.13 Å². The van der Waals surface area contributed by atoms with Crippen molar-refractivity contribution in [3.8, 4) is 17.1 Å². The second-order valence-corrected chi connectivity index (χ2v) is 6.00. The van der Waals surface area contributed by atoms with Crippen molar-refractivity contribution < 1.29 is 22.7 Å². The molecule has 0 aliphatic rings. The third kappa shape index (κ3) is 4.28. The van der Waals surface area contributed by atoms with Gasteiger partial charge in [0.2, 0.25) is 0 Å². The number of hydrogen-bond donors (Lipinski definition) is 2. The lowest BCUT2D eigenvalue weighted by atomic mass is 10.2. The van der Waals surface area contributed by atoms with Crippen LogP contribution in [-0.2, 0) is 0 Å². The van der Waals surface area contributed by atoms with E-state index in [1.54, 1.807) is 24.4 Å². The number of thiazole rings is 1. The summed E-state index contributed by atoms with van der Waals surface area (Å²) in [7, 11) is 0. The first kappa shape index (κ1) is 17.7. The Kier molecular flexibility index (Phi) is 4.76. The molecule has 0 saturated carbocycles. The minimum atomic E-state index is -4.79. The summed E-state index contributed by atoms with van der Waals surface area (Å²) in [5.74, 6) is -0.949. The molecule has 1 amide bonds.